The quantitative estimate of drug-likeness (QED) is 0.573. The van der Waals surface area contributed by atoms with Crippen LogP contribution in [0.15, 0.2) is 16.6 Å². The molecular weight excluding hydrogens is 255 g/mol. The molecule has 3 nitrogen and oxygen atoms in total. The number of rotatable bonds is 0. The van der Waals surface area contributed by atoms with E-state index in [9.17, 15) is 14.3 Å². The van der Waals surface area contributed by atoms with E-state index in [-0.39, 0.29) is 16.6 Å². The summed E-state index contributed by atoms with van der Waals surface area (Å²) in [6, 6.07) is 2.50. The number of halogens is 2. The van der Waals surface area contributed by atoms with Crippen LogP contribution in [0.5, 0.6) is 5.75 Å². The maximum absolute atomic E-state index is 13.1. The Hall–Kier alpha value is -0.940. The highest BCUT2D eigenvalue weighted by Gasteiger charge is 2.26. The Balaban J connectivity index is 2.54. The molecule has 0 spiro atoms. The highest BCUT2D eigenvalue weighted by molar-refractivity contribution is 9.10. The average Bonchev–Trinajstić information content (AvgIpc) is 2.08. The fourth-order valence-corrected chi connectivity index (χ4v) is 1.65. The van der Waals surface area contributed by atoms with Gasteiger partial charge in [0.15, 0.2) is 0 Å². The normalized spacial score (nSPS) is 20.2. The third-order valence-electron chi connectivity index (χ3n) is 2.00. The lowest BCUT2D eigenvalue weighted by Gasteiger charge is -2.20. The van der Waals surface area contributed by atoms with Gasteiger partial charge in [0.05, 0.1) is 17.0 Å². The molecule has 0 aliphatic carbocycles. The summed E-state index contributed by atoms with van der Waals surface area (Å²) in [7, 11) is 0. The Morgan fingerprint density at radius 2 is 2.29 bits per heavy atom. The molecule has 0 saturated carbocycles. The molecule has 1 heterocycles. The van der Waals surface area contributed by atoms with Crippen LogP contribution < -0.4 is 4.74 Å². The minimum absolute atomic E-state index is 0.131. The largest absolute Gasteiger partial charge is 0.426 e. The summed E-state index contributed by atoms with van der Waals surface area (Å²) < 4.78 is 18.1. The maximum atomic E-state index is 13.1. The third kappa shape index (κ3) is 1.53. The van der Waals surface area contributed by atoms with E-state index in [1.54, 1.807) is 0 Å². The molecule has 1 atom stereocenters. The van der Waals surface area contributed by atoms with Crippen LogP contribution in [0.1, 0.15) is 18.1 Å². The van der Waals surface area contributed by atoms with Crippen molar-refractivity contribution in [2.45, 2.75) is 12.5 Å². The van der Waals surface area contributed by atoms with Crippen LogP contribution in [-0.4, -0.2) is 11.1 Å². The molecule has 0 fully saturated rings. The molecule has 0 saturated heterocycles. The van der Waals surface area contributed by atoms with E-state index in [1.807, 2.05) is 0 Å². The van der Waals surface area contributed by atoms with Gasteiger partial charge in [0.1, 0.15) is 11.6 Å². The molecule has 0 amide bonds. The molecular formula is C9H6BrFO3. The zero-order valence-electron chi connectivity index (χ0n) is 6.96. The first-order valence-electron chi connectivity index (χ1n) is 3.95. The standard InChI is InChI=1S/C9H6BrFO3/c10-5-2-8-4(1-6(5)11)7(12)3-9(13)14-8/h1-2,7,12H,3H2. The van der Waals surface area contributed by atoms with Crippen molar-refractivity contribution in [3.8, 4) is 5.75 Å². The second kappa shape index (κ2) is 3.33. The zero-order valence-corrected chi connectivity index (χ0v) is 8.54. The van der Waals surface area contributed by atoms with E-state index in [0.717, 1.165) is 6.07 Å². The van der Waals surface area contributed by atoms with Crippen molar-refractivity contribution >= 4 is 21.9 Å². The van der Waals surface area contributed by atoms with E-state index in [0.29, 0.717) is 5.56 Å². The number of fused-ring (bicyclic) bond motifs is 1. The van der Waals surface area contributed by atoms with Crippen LogP contribution in [0.4, 0.5) is 4.39 Å². The summed E-state index contributed by atoms with van der Waals surface area (Å²) in [5.41, 5.74) is 0.310. The first-order chi connectivity index (χ1) is 6.58. The summed E-state index contributed by atoms with van der Waals surface area (Å²) in [5.74, 6) is -0.786. The van der Waals surface area contributed by atoms with Crippen LogP contribution >= 0.6 is 15.9 Å². The molecule has 0 bridgehead atoms. The number of benzene rings is 1. The van der Waals surface area contributed by atoms with Gasteiger partial charge in [0.2, 0.25) is 0 Å². The highest BCUT2D eigenvalue weighted by Crippen LogP contribution is 2.35. The number of esters is 1. The minimum Gasteiger partial charge on any atom is -0.426 e. The lowest BCUT2D eigenvalue weighted by Crippen LogP contribution is -2.20. The van der Waals surface area contributed by atoms with Crippen molar-refractivity contribution < 1.29 is 19.0 Å². The Bertz CT molecular complexity index is 405. The van der Waals surface area contributed by atoms with E-state index < -0.39 is 17.9 Å². The molecule has 5 heteroatoms. The number of hydrogen-bond acceptors (Lipinski definition) is 3. The first kappa shape index (κ1) is 9.61. The van der Waals surface area contributed by atoms with Gasteiger partial charge in [0.25, 0.3) is 0 Å². The second-order valence-electron chi connectivity index (χ2n) is 3.00. The minimum atomic E-state index is -0.978. The zero-order chi connectivity index (χ0) is 10.3. The molecule has 1 aliphatic rings. The maximum Gasteiger partial charge on any atom is 0.314 e. The summed E-state index contributed by atoms with van der Waals surface area (Å²) in [4.78, 5) is 10.9. The van der Waals surface area contributed by atoms with Gasteiger partial charge in [-0.2, -0.15) is 0 Å². The lowest BCUT2D eigenvalue weighted by molar-refractivity contribution is -0.138. The Labute approximate surface area is 87.6 Å². The van der Waals surface area contributed by atoms with Gasteiger partial charge < -0.3 is 9.84 Å². The van der Waals surface area contributed by atoms with Crippen LogP contribution in [-0.2, 0) is 4.79 Å². The predicted molar refractivity (Wildman–Crippen MR) is 49.3 cm³/mol. The van der Waals surface area contributed by atoms with Crippen LogP contribution in [0.3, 0.4) is 0 Å². The van der Waals surface area contributed by atoms with Crippen molar-refractivity contribution in [2.24, 2.45) is 0 Å². The average molecular weight is 261 g/mol. The Kier molecular flexibility index (Phi) is 2.28. The second-order valence-corrected chi connectivity index (χ2v) is 3.85. The first-order valence-corrected chi connectivity index (χ1v) is 4.75. The predicted octanol–water partition coefficient (Wildman–Crippen LogP) is 1.93. The molecule has 1 unspecified atom stereocenters. The molecule has 2 rings (SSSR count). The summed E-state index contributed by atoms with van der Waals surface area (Å²) in [6.07, 6.45) is -1.11. The van der Waals surface area contributed by atoms with Gasteiger partial charge in [0, 0.05) is 5.56 Å². The van der Waals surface area contributed by atoms with E-state index in [4.69, 9.17) is 4.74 Å². The van der Waals surface area contributed by atoms with Gasteiger partial charge in [-0.05, 0) is 28.1 Å². The van der Waals surface area contributed by atoms with E-state index in [2.05, 4.69) is 15.9 Å². The highest BCUT2D eigenvalue weighted by atomic mass is 79.9. The van der Waals surface area contributed by atoms with Crippen LogP contribution in [0.25, 0.3) is 0 Å². The fourth-order valence-electron chi connectivity index (χ4n) is 1.32. The van der Waals surface area contributed by atoms with Crippen molar-refractivity contribution in [3.63, 3.8) is 0 Å². The summed E-state index contributed by atoms with van der Waals surface area (Å²) in [6.45, 7) is 0. The molecule has 74 valence electrons. The molecule has 1 aromatic rings. The smallest absolute Gasteiger partial charge is 0.314 e. The van der Waals surface area contributed by atoms with Crippen molar-refractivity contribution in [1.29, 1.82) is 0 Å². The number of aliphatic hydroxyl groups excluding tert-OH is 1. The monoisotopic (exact) mass is 260 g/mol. The van der Waals surface area contributed by atoms with Gasteiger partial charge in [-0.3, -0.25) is 4.79 Å². The molecule has 1 aromatic carbocycles. The van der Waals surface area contributed by atoms with Crippen molar-refractivity contribution in [3.05, 3.63) is 28.0 Å². The van der Waals surface area contributed by atoms with Gasteiger partial charge >= 0.3 is 5.97 Å². The Morgan fingerprint density at radius 1 is 1.57 bits per heavy atom. The third-order valence-corrected chi connectivity index (χ3v) is 2.60. The van der Waals surface area contributed by atoms with Gasteiger partial charge in [-0.15, -0.1) is 0 Å². The molecule has 0 radical (unpaired) electrons. The number of aliphatic hydroxyl groups is 1. The number of carbonyl (C=O) groups is 1. The van der Waals surface area contributed by atoms with Crippen LogP contribution in [0.2, 0.25) is 0 Å². The van der Waals surface area contributed by atoms with E-state index in [1.165, 1.54) is 6.07 Å². The van der Waals surface area contributed by atoms with Crippen LogP contribution in [0, 0.1) is 5.82 Å². The van der Waals surface area contributed by atoms with Crippen molar-refractivity contribution in [1.82, 2.24) is 0 Å². The van der Waals surface area contributed by atoms with Gasteiger partial charge in [-0.25, -0.2) is 4.39 Å². The molecule has 0 aromatic heterocycles. The fraction of sp³-hybridized carbons (Fsp3) is 0.222. The van der Waals surface area contributed by atoms with Gasteiger partial charge in [-0.1, -0.05) is 0 Å². The molecule has 1 aliphatic heterocycles. The number of carbonyl (C=O) groups excluding carboxylic acids is 1. The number of hydrogen-bond donors (Lipinski definition) is 1. The lowest BCUT2D eigenvalue weighted by atomic mass is 10.0. The molecule has 14 heavy (non-hydrogen) atoms. The summed E-state index contributed by atoms with van der Waals surface area (Å²) in [5, 5.41) is 9.46. The SMILES string of the molecule is O=C1CC(O)c2cc(F)c(Br)cc2O1. The molecule has 1 N–H and O–H groups in total. The Morgan fingerprint density at radius 3 is 3.00 bits per heavy atom. The topological polar surface area (TPSA) is 46.5 Å². The summed E-state index contributed by atoms with van der Waals surface area (Å²) >= 11 is 2.97. The number of ether oxygens (including phenoxy) is 1. The van der Waals surface area contributed by atoms with E-state index >= 15 is 0 Å². The van der Waals surface area contributed by atoms with Crippen molar-refractivity contribution in [2.75, 3.05) is 0 Å².